The molecule has 29 heavy (non-hydrogen) atoms. The maximum Gasteiger partial charge on any atom is 0.270 e. The number of rotatable bonds is 4. The van der Waals surface area contributed by atoms with Crippen LogP contribution in [0.1, 0.15) is 40.3 Å². The van der Waals surface area contributed by atoms with Gasteiger partial charge >= 0.3 is 0 Å². The Bertz CT molecular complexity index is 995. The van der Waals surface area contributed by atoms with E-state index in [1.54, 1.807) is 0 Å². The summed E-state index contributed by atoms with van der Waals surface area (Å²) >= 11 is 0. The van der Waals surface area contributed by atoms with Crippen molar-refractivity contribution >= 4 is 11.7 Å². The zero-order valence-electron chi connectivity index (χ0n) is 15.9. The van der Waals surface area contributed by atoms with E-state index in [0.29, 0.717) is 42.5 Å². The fourth-order valence-electron chi connectivity index (χ4n) is 4.71. The largest absolute Gasteiger partial charge is 0.454 e. The number of hydrogen-bond donors (Lipinski definition) is 2. The van der Waals surface area contributed by atoms with Crippen molar-refractivity contribution in [1.29, 1.82) is 0 Å². The Labute approximate surface area is 168 Å². The standard InChI is InChI=1S/C21H22N4O4/c26-21-19-13(3-5-22-21)20(23-14-9-16-12(14)4-6-27-16)25-18(24-19)8-11-1-2-15-17(7-11)29-10-28-15/h1-2,7,12,14,16H,3-6,8-10H2,(H,22,26)(H,23,24,25)/t12-,14+,16+/m0/s1. The Morgan fingerprint density at radius 3 is 3.07 bits per heavy atom. The van der Waals surface area contributed by atoms with Crippen LogP contribution in [0.2, 0.25) is 0 Å². The van der Waals surface area contributed by atoms with Gasteiger partial charge in [0.2, 0.25) is 6.79 Å². The van der Waals surface area contributed by atoms with E-state index in [9.17, 15) is 4.79 Å². The Kier molecular flexibility index (Phi) is 3.87. The van der Waals surface area contributed by atoms with Gasteiger partial charge in [-0.2, -0.15) is 0 Å². The summed E-state index contributed by atoms with van der Waals surface area (Å²) in [4.78, 5) is 21.9. The van der Waals surface area contributed by atoms with Gasteiger partial charge in [0.15, 0.2) is 11.5 Å². The number of ether oxygens (including phenoxy) is 3. The molecule has 4 aliphatic rings. The van der Waals surface area contributed by atoms with Gasteiger partial charge in [0.05, 0.1) is 6.10 Å². The summed E-state index contributed by atoms with van der Waals surface area (Å²) in [6.45, 7) is 1.70. The van der Waals surface area contributed by atoms with Crippen LogP contribution >= 0.6 is 0 Å². The van der Waals surface area contributed by atoms with Gasteiger partial charge in [-0.3, -0.25) is 4.79 Å². The van der Waals surface area contributed by atoms with Gasteiger partial charge in [-0.1, -0.05) is 6.07 Å². The minimum atomic E-state index is -0.126. The van der Waals surface area contributed by atoms with Crippen LogP contribution in [0.3, 0.4) is 0 Å². The van der Waals surface area contributed by atoms with E-state index in [-0.39, 0.29) is 12.7 Å². The fraction of sp³-hybridized carbons (Fsp3) is 0.476. The van der Waals surface area contributed by atoms with E-state index in [1.165, 1.54) is 0 Å². The van der Waals surface area contributed by atoms with Crippen LogP contribution < -0.4 is 20.1 Å². The number of nitrogens with one attached hydrogen (secondary N) is 2. The number of aromatic nitrogens is 2. The second-order valence-corrected chi connectivity index (χ2v) is 8.03. The lowest BCUT2D eigenvalue weighted by molar-refractivity contribution is 0.0246. The molecule has 0 radical (unpaired) electrons. The quantitative estimate of drug-likeness (QED) is 0.815. The Hall–Kier alpha value is -2.87. The average molecular weight is 394 g/mol. The average Bonchev–Trinajstić information content (AvgIpc) is 3.32. The third-order valence-corrected chi connectivity index (χ3v) is 6.31. The van der Waals surface area contributed by atoms with Crippen molar-refractivity contribution in [3.8, 4) is 11.5 Å². The van der Waals surface area contributed by atoms with Crippen molar-refractivity contribution in [2.45, 2.75) is 37.8 Å². The molecule has 3 aliphatic heterocycles. The lowest BCUT2D eigenvalue weighted by atomic mass is 9.76. The van der Waals surface area contributed by atoms with Crippen LogP contribution in [0.5, 0.6) is 11.5 Å². The van der Waals surface area contributed by atoms with Crippen molar-refractivity contribution in [1.82, 2.24) is 15.3 Å². The third-order valence-electron chi connectivity index (χ3n) is 6.31. The van der Waals surface area contributed by atoms with Gasteiger partial charge in [0.25, 0.3) is 5.91 Å². The summed E-state index contributed by atoms with van der Waals surface area (Å²) in [7, 11) is 0. The number of carbonyl (C=O) groups excluding carboxylic acids is 1. The summed E-state index contributed by atoms with van der Waals surface area (Å²) in [6.07, 6.45) is 3.71. The maximum absolute atomic E-state index is 12.5. The first kappa shape index (κ1) is 17.0. The molecule has 0 bridgehead atoms. The molecule has 1 aliphatic carbocycles. The molecular formula is C21H22N4O4. The highest BCUT2D eigenvalue weighted by Gasteiger charge is 2.45. The zero-order chi connectivity index (χ0) is 19.4. The monoisotopic (exact) mass is 394 g/mol. The lowest BCUT2D eigenvalue weighted by Crippen LogP contribution is -2.48. The van der Waals surface area contributed by atoms with Gasteiger partial charge in [0.1, 0.15) is 17.3 Å². The lowest BCUT2D eigenvalue weighted by Gasteiger charge is -2.40. The second kappa shape index (κ2) is 6.59. The van der Waals surface area contributed by atoms with Gasteiger partial charge in [0, 0.05) is 37.1 Å². The molecule has 6 rings (SSSR count). The number of carbonyl (C=O) groups is 1. The van der Waals surface area contributed by atoms with Crippen molar-refractivity contribution < 1.29 is 19.0 Å². The zero-order valence-corrected chi connectivity index (χ0v) is 15.9. The number of fused-ring (bicyclic) bond motifs is 3. The Morgan fingerprint density at radius 1 is 1.21 bits per heavy atom. The van der Waals surface area contributed by atoms with Crippen LogP contribution in [0.25, 0.3) is 0 Å². The molecule has 0 unspecified atom stereocenters. The molecule has 1 aromatic heterocycles. The molecule has 1 aromatic carbocycles. The summed E-state index contributed by atoms with van der Waals surface area (Å²) in [5.74, 6) is 3.32. The molecule has 3 atom stereocenters. The van der Waals surface area contributed by atoms with Crippen molar-refractivity contribution in [2.24, 2.45) is 5.92 Å². The van der Waals surface area contributed by atoms with Crippen LogP contribution in [0.4, 0.5) is 5.82 Å². The minimum absolute atomic E-state index is 0.126. The van der Waals surface area contributed by atoms with Gasteiger partial charge in [-0.25, -0.2) is 9.97 Å². The molecule has 1 amide bonds. The summed E-state index contributed by atoms with van der Waals surface area (Å²) in [6, 6.07) is 6.18. The predicted octanol–water partition coefficient (Wildman–Crippen LogP) is 1.67. The van der Waals surface area contributed by atoms with Gasteiger partial charge in [-0.05, 0) is 37.0 Å². The molecule has 2 aromatic rings. The first-order chi connectivity index (χ1) is 14.2. The number of anilines is 1. The topological polar surface area (TPSA) is 94.6 Å². The van der Waals surface area contributed by atoms with Crippen LogP contribution in [-0.2, 0) is 17.6 Å². The van der Waals surface area contributed by atoms with Crippen molar-refractivity contribution in [2.75, 3.05) is 25.3 Å². The molecule has 0 spiro atoms. The van der Waals surface area contributed by atoms with Gasteiger partial charge in [-0.15, -0.1) is 0 Å². The van der Waals surface area contributed by atoms with Crippen molar-refractivity contribution in [3.05, 3.63) is 40.8 Å². The molecule has 8 nitrogen and oxygen atoms in total. The summed E-state index contributed by atoms with van der Waals surface area (Å²) in [5, 5.41) is 6.51. The van der Waals surface area contributed by atoms with Crippen LogP contribution in [0, 0.1) is 5.92 Å². The normalized spacial score (nSPS) is 26.3. The highest BCUT2D eigenvalue weighted by molar-refractivity contribution is 5.96. The molecule has 1 saturated carbocycles. The highest BCUT2D eigenvalue weighted by atomic mass is 16.7. The predicted molar refractivity (Wildman–Crippen MR) is 103 cm³/mol. The van der Waals surface area contributed by atoms with Crippen LogP contribution in [-0.4, -0.2) is 48.0 Å². The van der Waals surface area contributed by atoms with E-state index in [1.807, 2.05) is 18.2 Å². The Morgan fingerprint density at radius 2 is 2.14 bits per heavy atom. The smallest absolute Gasteiger partial charge is 0.270 e. The third kappa shape index (κ3) is 2.90. The van der Waals surface area contributed by atoms with E-state index in [4.69, 9.17) is 19.2 Å². The van der Waals surface area contributed by atoms with E-state index >= 15 is 0 Å². The maximum atomic E-state index is 12.5. The molecule has 8 heteroatoms. The van der Waals surface area contributed by atoms with Crippen molar-refractivity contribution in [3.63, 3.8) is 0 Å². The van der Waals surface area contributed by atoms with Crippen LogP contribution in [0.15, 0.2) is 18.2 Å². The molecule has 2 fully saturated rings. The van der Waals surface area contributed by atoms with E-state index in [0.717, 1.165) is 54.3 Å². The summed E-state index contributed by atoms with van der Waals surface area (Å²) < 4.78 is 16.6. The fourth-order valence-corrected chi connectivity index (χ4v) is 4.71. The van der Waals surface area contributed by atoms with E-state index < -0.39 is 0 Å². The number of amides is 1. The molecule has 2 N–H and O–H groups in total. The summed E-state index contributed by atoms with van der Waals surface area (Å²) in [5.41, 5.74) is 2.43. The molecular weight excluding hydrogens is 372 g/mol. The molecule has 150 valence electrons. The van der Waals surface area contributed by atoms with E-state index in [2.05, 4.69) is 15.6 Å². The molecule has 1 saturated heterocycles. The number of hydrogen-bond acceptors (Lipinski definition) is 7. The first-order valence-corrected chi connectivity index (χ1v) is 10.2. The first-order valence-electron chi connectivity index (χ1n) is 10.2. The Balaban J connectivity index is 1.31. The second-order valence-electron chi connectivity index (χ2n) is 8.03. The number of nitrogens with zero attached hydrogens (tertiary/aromatic N) is 2. The number of benzene rings is 1. The highest BCUT2D eigenvalue weighted by Crippen LogP contribution is 2.40. The SMILES string of the molecule is O=C1NCCc2c(N[C@@H]3C[C@H]4OCC[C@@H]34)nc(Cc3ccc4c(c3)OCO4)nc21. The van der Waals surface area contributed by atoms with Gasteiger partial charge < -0.3 is 24.8 Å². The minimum Gasteiger partial charge on any atom is -0.454 e. The molecule has 4 heterocycles.